The van der Waals surface area contributed by atoms with E-state index in [1.54, 1.807) is 24.3 Å². The molecule has 2 aliphatic carbocycles. The van der Waals surface area contributed by atoms with Gasteiger partial charge in [0.25, 0.3) is 5.91 Å². The van der Waals surface area contributed by atoms with Crippen LogP contribution in [-0.4, -0.2) is 47.5 Å². The molecular formula is C33H40ClF2N3O5. The average molecular weight is 632 g/mol. The van der Waals surface area contributed by atoms with Gasteiger partial charge in [-0.25, -0.2) is 5.01 Å². The van der Waals surface area contributed by atoms with E-state index >= 15 is 0 Å². The lowest BCUT2D eigenvalue weighted by atomic mass is 9.89. The second kappa shape index (κ2) is 16.0. The van der Waals surface area contributed by atoms with Crippen LogP contribution in [0.2, 0.25) is 0 Å². The van der Waals surface area contributed by atoms with Gasteiger partial charge in [-0.15, -0.1) is 0 Å². The van der Waals surface area contributed by atoms with Gasteiger partial charge in [0, 0.05) is 35.4 Å². The zero-order valence-corrected chi connectivity index (χ0v) is 26.0. The first-order valence-corrected chi connectivity index (χ1v) is 15.7. The second-order valence-electron chi connectivity index (χ2n) is 11.4. The number of benzene rings is 2. The standard InChI is InChI=1S/C27H31F2N3O4.C6H9ClO/c1-3-18-15-24(33)32(31-25(18)20-12-13-22(35-2)23(14-20)36-27(28)29)16-17-8-10-19(11-9-17)26(34)30-21-6-4-5-7-21;7-6(8)5-3-1-2-4-5/h8-14,18,21,27H,3-7,15-16H2,1-2H3,(H,30,34);5H,1-4H2. The third kappa shape index (κ3) is 9.00. The molecule has 0 saturated heterocycles. The molecule has 44 heavy (non-hydrogen) atoms. The molecule has 238 valence electrons. The molecule has 2 saturated carbocycles. The van der Waals surface area contributed by atoms with E-state index in [4.69, 9.17) is 16.3 Å². The van der Waals surface area contributed by atoms with E-state index in [1.807, 2.05) is 19.1 Å². The Morgan fingerprint density at radius 2 is 1.68 bits per heavy atom. The molecule has 2 fully saturated rings. The quantitative estimate of drug-likeness (QED) is 0.283. The highest BCUT2D eigenvalue weighted by molar-refractivity contribution is 6.64. The zero-order chi connectivity index (χ0) is 31.6. The van der Waals surface area contributed by atoms with Crippen LogP contribution in [-0.2, 0) is 16.1 Å². The minimum atomic E-state index is -2.99. The maximum Gasteiger partial charge on any atom is 0.387 e. The predicted molar refractivity (Wildman–Crippen MR) is 164 cm³/mol. The number of halogens is 3. The van der Waals surface area contributed by atoms with Crippen LogP contribution in [0.15, 0.2) is 47.6 Å². The summed E-state index contributed by atoms with van der Waals surface area (Å²) in [6.07, 6.45) is 9.65. The summed E-state index contributed by atoms with van der Waals surface area (Å²) in [4.78, 5) is 35.7. The number of hydrazone groups is 1. The Hall–Kier alpha value is -3.53. The van der Waals surface area contributed by atoms with E-state index in [-0.39, 0.29) is 59.4 Å². The number of nitrogens with one attached hydrogen (secondary N) is 1. The normalized spacial score (nSPS) is 19.0. The van der Waals surface area contributed by atoms with Gasteiger partial charge < -0.3 is 14.8 Å². The fourth-order valence-electron chi connectivity index (χ4n) is 5.89. The zero-order valence-electron chi connectivity index (χ0n) is 25.2. The Bertz CT molecular complexity index is 1330. The third-order valence-corrected chi connectivity index (χ3v) is 8.72. The van der Waals surface area contributed by atoms with E-state index < -0.39 is 6.61 Å². The van der Waals surface area contributed by atoms with Crippen molar-refractivity contribution in [3.05, 3.63) is 59.2 Å². The van der Waals surface area contributed by atoms with Gasteiger partial charge in [-0.05, 0) is 79.6 Å². The number of amides is 2. The van der Waals surface area contributed by atoms with Gasteiger partial charge in [-0.3, -0.25) is 14.4 Å². The van der Waals surface area contributed by atoms with E-state index in [9.17, 15) is 23.2 Å². The highest BCUT2D eigenvalue weighted by Crippen LogP contribution is 2.33. The lowest BCUT2D eigenvalue weighted by molar-refractivity contribution is -0.133. The number of rotatable bonds is 10. The number of methoxy groups -OCH3 is 1. The van der Waals surface area contributed by atoms with Crippen molar-refractivity contribution in [2.45, 2.75) is 90.3 Å². The van der Waals surface area contributed by atoms with Crippen LogP contribution in [0.4, 0.5) is 8.78 Å². The van der Waals surface area contributed by atoms with Crippen LogP contribution in [0, 0.1) is 11.8 Å². The van der Waals surface area contributed by atoms with Gasteiger partial charge in [-0.2, -0.15) is 13.9 Å². The maximum absolute atomic E-state index is 12.9. The van der Waals surface area contributed by atoms with Gasteiger partial charge >= 0.3 is 6.61 Å². The number of hydrogen-bond acceptors (Lipinski definition) is 6. The average Bonchev–Trinajstić information content (AvgIpc) is 3.74. The molecule has 1 unspecified atom stereocenters. The maximum atomic E-state index is 12.9. The van der Waals surface area contributed by atoms with Gasteiger partial charge in [0.05, 0.1) is 19.4 Å². The van der Waals surface area contributed by atoms with Crippen molar-refractivity contribution in [3.63, 3.8) is 0 Å². The molecule has 0 bridgehead atoms. The summed E-state index contributed by atoms with van der Waals surface area (Å²) in [5, 5.41) is 8.95. The molecule has 1 N–H and O–H groups in total. The monoisotopic (exact) mass is 631 g/mol. The van der Waals surface area contributed by atoms with E-state index in [0.29, 0.717) is 23.3 Å². The fraction of sp³-hybridized carbons (Fsp3) is 0.515. The van der Waals surface area contributed by atoms with Gasteiger partial charge in [0.2, 0.25) is 11.1 Å². The topological polar surface area (TPSA) is 97.3 Å². The minimum Gasteiger partial charge on any atom is -0.493 e. The summed E-state index contributed by atoms with van der Waals surface area (Å²) in [5.41, 5.74) is 2.63. The molecule has 2 aromatic carbocycles. The summed E-state index contributed by atoms with van der Waals surface area (Å²) >= 11 is 5.25. The molecule has 1 atom stereocenters. The third-order valence-electron chi connectivity index (χ3n) is 8.41. The SMILES string of the molecule is CCC1CC(=O)N(Cc2ccc(C(=O)NC3CCCC3)cc2)N=C1c1ccc(OC)c(OC(F)F)c1.O=C(Cl)C1CCCC1. The Labute approximate surface area is 262 Å². The first-order chi connectivity index (χ1) is 21.2. The van der Waals surface area contributed by atoms with E-state index in [0.717, 1.165) is 44.1 Å². The van der Waals surface area contributed by atoms with Gasteiger partial charge in [0.1, 0.15) is 0 Å². The number of carbonyl (C=O) groups excluding carboxylic acids is 3. The number of carbonyl (C=O) groups is 3. The number of nitrogens with zero attached hydrogens (tertiary/aromatic N) is 2. The Morgan fingerprint density at radius 3 is 2.25 bits per heavy atom. The summed E-state index contributed by atoms with van der Waals surface area (Å²) in [6.45, 7) is -0.802. The summed E-state index contributed by atoms with van der Waals surface area (Å²) in [5.74, 6) is -0.0630. The molecule has 5 rings (SSSR count). The second-order valence-corrected chi connectivity index (χ2v) is 11.8. The van der Waals surface area contributed by atoms with Crippen LogP contribution in [0.5, 0.6) is 11.5 Å². The number of hydrogen-bond donors (Lipinski definition) is 1. The van der Waals surface area contributed by atoms with Crippen LogP contribution >= 0.6 is 11.6 Å². The van der Waals surface area contributed by atoms with Crippen molar-refractivity contribution in [2.75, 3.05) is 7.11 Å². The molecule has 0 radical (unpaired) electrons. The smallest absolute Gasteiger partial charge is 0.387 e. The summed E-state index contributed by atoms with van der Waals surface area (Å²) < 4.78 is 35.6. The van der Waals surface area contributed by atoms with Crippen molar-refractivity contribution < 1.29 is 32.6 Å². The summed E-state index contributed by atoms with van der Waals surface area (Å²) in [6, 6.07) is 12.1. The molecule has 3 aliphatic rings. The highest BCUT2D eigenvalue weighted by Gasteiger charge is 2.30. The number of ether oxygens (including phenoxy) is 2. The lowest BCUT2D eigenvalue weighted by Gasteiger charge is -2.29. The van der Waals surface area contributed by atoms with Crippen molar-refractivity contribution in [1.82, 2.24) is 10.3 Å². The molecule has 2 aromatic rings. The molecule has 2 amide bonds. The molecular weight excluding hydrogens is 592 g/mol. The van der Waals surface area contributed by atoms with Crippen LogP contribution in [0.1, 0.15) is 92.6 Å². The Kier molecular flexibility index (Phi) is 12.1. The van der Waals surface area contributed by atoms with Crippen LogP contribution < -0.4 is 14.8 Å². The van der Waals surface area contributed by atoms with Crippen LogP contribution in [0.25, 0.3) is 0 Å². The molecule has 0 aromatic heterocycles. The summed E-state index contributed by atoms with van der Waals surface area (Å²) in [7, 11) is 1.38. The van der Waals surface area contributed by atoms with Gasteiger partial charge in [-0.1, -0.05) is 44.7 Å². The fourth-order valence-corrected chi connectivity index (χ4v) is 6.10. The molecule has 1 aliphatic heterocycles. The number of alkyl halides is 2. The Balaban J connectivity index is 0.000000479. The first kappa shape index (κ1) is 33.4. The molecule has 0 spiro atoms. The lowest BCUT2D eigenvalue weighted by Crippen LogP contribution is -2.36. The van der Waals surface area contributed by atoms with Crippen molar-refractivity contribution >= 4 is 34.4 Å². The van der Waals surface area contributed by atoms with E-state index in [2.05, 4.69) is 15.2 Å². The first-order valence-electron chi connectivity index (χ1n) is 15.3. The minimum absolute atomic E-state index is 0.0857. The van der Waals surface area contributed by atoms with Crippen molar-refractivity contribution in [2.24, 2.45) is 16.9 Å². The molecule has 1 heterocycles. The Morgan fingerprint density at radius 1 is 1.02 bits per heavy atom. The molecule has 11 heteroatoms. The molecule has 8 nitrogen and oxygen atoms in total. The van der Waals surface area contributed by atoms with Crippen molar-refractivity contribution in [3.8, 4) is 11.5 Å². The largest absolute Gasteiger partial charge is 0.493 e. The van der Waals surface area contributed by atoms with E-state index in [1.165, 1.54) is 31.0 Å². The van der Waals surface area contributed by atoms with Crippen molar-refractivity contribution in [1.29, 1.82) is 0 Å². The van der Waals surface area contributed by atoms with Crippen LogP contribution in [0.3, 0.4) is 0 Å². The predicted octanol–water partition coefficient (Wildman–Crippen LogP) is 7.07. The van der Waals surface area contributed by atoms with Gasteiger partial charge in [0.15, 0.2) is 11.5 Å². The highest BCUT2D eigenvalue weighted by atomic mass is 35.5.